The number of hydrogen-bond donors (Lipinski definition) is 3. The SMILES string of the molecule is CCCCC/C=C\C/C=C\C/C=C\C/C=C\CCCC(=O)OC[C@H](COP(=O)(O)OC[C@@H](O)COP(=O)(O)OC[C@@H](COC(=O)CCCCCCCCCCCCCCC)OC(=O)CCCCCCCCCCCCCCC)OC(=O)CCCCCCC/C=C\CCCCCC. The molecule has 17 nitrogen and oxygen atoms in total. The third kappa shape index (κ3) is 69.2. The number of allylic oxidation sites excluding steroid dienone is 10. The van der Waals surface area contributed by atoms with Crippen molar-refractivity contribution < 1.29 is 80.2 Å². The van der Waals surface area contributed by atoms with Crippen molar-refractivity contribution in [2.24, 2.45) is 0 Å². The number of aliphatic hydroxyl groups excluding tert-OH is 1. The predicted molar refractivity (Wildman–Crippen MR) is 390 cm³/mol. The molecule has 19 heteroatoms. The number of hydrogen-bond acceptors (Lipinski definition) is 15. The Morgan fingerprint density at radius 2 is 0.521 bits per heavy atom. The standard InChI is InChI=1S/C77H140O17P2/c1-5-9-13-17-21-25-29-33-34-35-36-40-42-46-50-54-58-62-75(80)88-68-73(94-77(82)64-60-56-52-48-44-39-32-28-24-20-16-12-8-4)70-92-96(85,86)90-66-71(78)65-89-95(83,84)91-69-72(93-76(81)63-59-55-51-47-43-38-31-27-23-19-15-11-7-3)67-87-74(79)61-57-53-49-45-41-37-30-26-22-18-14-10-6-2/h21,25,28,32-34,36,40,46,50,71-73,78H,5-20,22-24,26-27,29-31,35,37-39,41-45,47-49,51-70H2,1-4H3,(H,83,84)(H,85,86)/b25-21-,32-28-,34-33-,40-36-,50-46-/t71-,72+,73+/m0/s1. The Bertz CT molecular complexity index is 2060. The molecule has 0 saturated carbocycles. The lowest BCUT2D eigenvalue weighted by Crippen LogP contribution is -2.30. The number of esters is 4. The highest BCUT2D eigenvalue weighted by atomic mass is 31.2. The number of aliphatic hydroxyl groups is 1. The van der Waals surface area contributed by atoms with Crippen LogP contribution in [-0.2, 0) is 65.4 Å². The van der Waals surface area contributed by atoms with E-state index in [-0.39, 0.29) is 25.7 Å². The number of carbonyl (C=O) groups excluding carboxylic acids is 4. The molecule has 0 aliphatic heterocycles. The van der Waals surface area contributed by atoms with Crippen LogP contribution in [0.1, 0.15) is 349 Å². The van der Waals surface area contributed by atoms with Gasteiger partial charge in [-0.25, -0.2) is 9.13 Å². The zero-order chi connectivity index (χ0) is 70.4. The van der Waals surface area contributed by atoms with E-state index in [2.05, 4.69) is 76.3 Å². The third-order valence-electron chi connectivity index (χ3n) is 16.5. The number of rotatable bonds is 73. The van der Waals surface area contributed by atoms with Crippen LogP contribution in [0.4, 0.5) is 0 Å². The molecular formula is C77H140O17P2. The van der Waals surface area contributed by atoms with E-state index >= 15 is 0 Å². The fourth-order valence-electron chi connectivity index (χ4n) is 10.6. The Hall–Kier alpha value is -3.24. The molecule has 0 radical (unpaired) electrons. The molecular weight excluding hydrogens is 1260 g/mol. The van der Waals surface area contributed by atoms with E-state index in [1.807, 2.05) is 12.2 Å². The van der Waals surface area contributed by atoms with Gasteiger partial charge >= 0.3 is 39.5 Å². The smallest absolute Gasteiger partial charge is 0.462 e. The second kappa shape index (κ2) is 70.2. The lowest BCUT2D eigenvalue weighted by molar-refractivity contribution is -0.161. The molecule has 0 aliphatic rings. The minimum Gasteiger partial charge on any atom is -0.462 e. The monoisotopic (exact) mass is 1400 g/mol. The zero-order valence-electron chi connectivity index (χ0n) is 61.1. The average molecular weight is 1400 g/mol. The highest BCUT2D eigenvalue weighted by Gasteiger charge is 2.30. The van der Waals surface area contributed by atoms with Crippen LogP contribution in [0.25, 0.3) is 0 Å². The molecule has 0 saturated heterocycles. The van der Waals surface area contributed by atoms with Crippen molar-refractivity contribution in [1.82, 2.24) is 0 Å². The van der Waals surface area contributed by atoms with Gasteiger partial charge in [-0.15, -0.1) is 0 Å². The summed E-state index contributed by atoms with van der Waals surface area (Å²) in [5, 5.41) is 10.6. The Morgan fingerprint density at radius 3 is 0.865 bits per heavy atom. The van der Waals surface area contributed by atoms with Crippen molar-refractivity contribution in [3.05, 3.63) is 60.8 Å². The molecule has 3 N–H and O–H groups in total. The first-order chi connectivity index (χ1) is 46.7. The molecule has 5 atom stereocenters. The maximum Gasteiger partial charge on any atom is 0.472 e. The van der Waals surface area contributed by atoms with Crippen LogP contribution in [0.3, 0.4) is 0 Å². The Labute approximate surface area is 584 Å². The highest BCUT2D eigenvalue weighted by molar-refractivity contribution is 7.47. The molecule has 0 aliphatic carbocycles. The number of carbonyl (C=O) groups is 4. The van der Waals surface area contributed by atoms with Gasteiger partial charge in [0.25, 0.3) is 0 Å². The largest absolute Gasteiger partial charge is 0.472 e. The van der Waals surface area contributed by atoms with Crippen molar-refractivity contribution in [1.29, 1.82) is 0 Å². The van der Waals surface area contributed by atoms with E-state index < -0.39 is 97.5 Å². The summed E-state index contributed by atoms with van der Waals surface area (Å²) in [6.07, 6.45) is 67.9. The van der Waals surface area contributed by atoms with Gasteiger partial charge in [0.2, 0.25) is 0 Å². The molecule has 0 rings (SSSR count). The summed E-state index contributed by atoms with van der Waals surface area (Å²) in [4.78, 5) is 72.8. The van der Waals surface area contributed by atoms with Crippen LogP contribution in [0.2, 0.25) is 0 Å². The Morgan fingerprint density at radius 1 is 0.292 bits per heavy atom. The summed E-state index contributed by atoms with van der Waals surface area (Å²) < 4.78 is 68.4. The number of phosphoric ester groups is 2. The molecule has 2 unspecified atom stereocenters. The molecule has 96 heavy (non-hydrogen) atoms. The van der Waals surface area contributed by atoms with Crippen molar-refractivity contribution in [3.63, 3.8) is 0 Å². The maximum absolute atomic E-state index is 13.1. The van der Waals surface area contributed by atoms with E-state index in [1.54, 1.807) is 0 Å². The first-order valence-electron chi connectivity index (χ1n) is 38.5. The lowest BCUT2D eigenvalue weighted by atomic mass is 10.0. The van der Waals surface area contributed by atoms with Gasteiger partial charge in [0, 0.05) is 25.7 Å². The van der Waals surface area contributed by atoms with Gasteiger partial charge in [-0.05, 0) is 89.9 Å². The minimum absolute atomic E-state index is 0.0768. The van der Waals surface area contributed by atoms with E-state index in [0.717, 1.165) is 109 Å². The normalized spacial score (nSPS) is 14.3. The van der Waals surface area contributed by atoms with Crippen molar-refractivity contribution in [3.8, 4) is 0 Å². The van der Waals surface area contributed by atoms with E-state index in [0.29, 0.717) is 32.1 Å². The quantitative estimate of drug-likeness (QED) is 0.0169. The molecule has 0 aromatic rings. The molecule has 0 heterocycles. The number of unbranched alkanes of at least 4 members (excludes halogenated alkanes) is 37. The minimum atomic E-state index is -4.98. The van der Waals surface area contributed by atoms with Gasteiger partial charge < -0.3 is 33.8 Å². The van der Waals surface area contributed by atoms with Crippen molar-refractivity contribution in [2.45, 2.75) is 367 Å². The van der Waals surface area contributed by atoms with Gasteiger partial charge in [-0.1, -0.05) is 294 Å². The van der Waals surface area contributed by atoms with Gasteiger partial charge in [0.05, 0.1) is 26.4 Å². The number of ether oxygens (including phenoxy) is 4. The average Bonchev–Trinajstić information content (AvgIpc) is 3.12. The van der Waals surface area contributed by atoms with Gasteiger partial charge in [0.1, 0.15) is 19.3 Å². The fraction of sp³-hybridized carbons (Fsp3) is 0.818. The molecule has 0 aromatic heterocycles. The summed E-state index contributed by atoms with van der Waals surface area (Å²) in [6.45, 7) is 4.81. The molecule has 0 spiro atoms. The summed E-state index contributed by atoms with van der Waals surface area (Å²) in [5.74, 6) is -2.22. The van der Waals surface area contributed by atoms with E-state index in [9.17, 15) is 43.2 Å². The lowest BCUT2D eigenvalue weighted by Gasteiger charge is -2.21. The Balaban J connectivity index is 5.35. The summed E-state index contributed by atoms with van der Waals surface area (Å²) in [7, 11) is -9.94. The number of phosphoric acid groups is 2. The molecule has 0 bridgehead atoms. The van der Waals surface area contributed by atoms with Crippen LogP contribution in [-0.4, -0.2) is 96.7 Å². The maximum atomic E-state index is 13.1. The van der Waals surface area contributed by atoms with Crippen molar-refractivity contribution >= 4 is 39.5 Å². The van der Waals surface area contributed by atoms with Gasteiger partial charge in [-0.2, -0.15) is 0 Å². The van der Waals surface area contributed by atoms with Crippen LogP contribution in [0, 0.1) is 0 Å². The molecule has 0 fully saturated rings. The van der Waals surface area contributed by atoms with Crippen LogP contribution in [0.15, 0.2) is 60.8 Å². The third-order valence-corrected chi connectivity index (χ3v) is 18.4. The van der Waals surface area contributed by atoms with Gasteiger partial charge in [-0.3, -0.25) is 37.3 Å². The molecule has 0 amide bonds. The zero-order valence-corrected chi connectivity index (χ0v) is 62.8. The van der Waals surface area contributed by atoms with Crippen molar-refractivity contribution in [2.75, 3.05) is 39.6 Å². The molecule has 560 valence electrons. The highest BCUT2D eigenvalue weighted by Crippen LogP contribution is 2.45. The first-order valence-corrected chi connectivity index (χ1v) is 41.5. The fourth-order valence-corrected chi connectivity index (χ4v) is 12.1. The van der Waals surface area contributed by atoms with Gasteiger partial charge in [0.15, 0.2) is 12.2 Å². The predicted octanol–water partition coefficient (Wildman–Crippen LogP) is 21.9. The topological polar surface area (TPSA) is 237 Å². The Kier molecular flexibility index (Phi) is 67.8. The second-order valence-electron chi connectivity index (χ2n) is 26.0. The van der Waals surface area contributed by atoms with Crippen LogP contribution < -0.4 is 0 Å². The van der Waals surface area contributed by atoms with Crippen LogP contribution in [0.5, 0.6) is 0 Å². The van der Waals surface area contributed by atoms with E-state index in [1.165, 1.54) is 154 Å². The summed E-state index contributed by atoms with van der Waals surface area (Å²) in [6, 6.07) is 0. The summed E-state index contributed by atoms with van der Waals surface area (Å²) in [5.41, 5.74) is 0. The summed E-state index contributed by atoms with van der Waals surface area (Å²) >= 11 is 0. The van der Waals surface area contributed by atoms with Crippen LogP contribution >= 0.6 is 15.6 Å². The molecule has 0 aromatic carbocycles. The first kappa shape index (κ1) is 92.8. The second-order valence-corrected chi connectivity index (χ2v) is 28.9. The van der Waals surface area contributed by atoms with E-state index in [4.69, 9.17) is 37.0 Å².